The van der Waals surface area contributed by atoms with E-state index in [1.165, 1.54) is 24.3 Å². The summed E-state index contributed by atoms with van der Waals surface area (Å²) >= 11 is 0. The lowest BCUT2D eigenvalue weighted by Gasteiger charge is -2.14. The maximum Gasteiger partial charge on any atom is 0.191 e. The van der Waals surface area contributed by atoms with Crippen molar-refractivity contribution < 1.29 is 17.2 Å². The van der Waals surface area contributed by atoms with Gasteiger partial charge in [-0.2, -0.15) is 0 Å². The van der Waals surface area contributed by atoms with Gasteiger partial charge in [0.2, 0.25) is 0 Å². The number of nitrogens with zero attached hydrogens (tertiary/aromatic N) is 1. The number of guanidine groups is 1. The second-order valence-electron chi connectivity index (χ2n) is 6.35. The van der Waals surface area contributed by atoms with Crippen LogP contribution in [-0.2, 0) is 28.7 Å². The first-order valence-corrected chi connectivity index (χ1v) is 10.4. The fraction of sp³-hybridized carbons (Fsp3) is 0.316. The molecule has 2 aromatic rings. The summed E-state index contributed by atoms with van der Waals surface area (Å²) in [6.07, 6.45) is 1.13. The quantitative estimate of drug-likeness (QED) is 0.347. The molecule has 2 N–H and O–H groups in total. The molecule has 0 aliphatic rings. The van der Waals surface area contributed by atoms with E-state index >= 15 is 0 Å². The Hall–Kier alpha value is -1.75. The van der Waals surface area contributed by atoms with Gasteiger partial charge in [-0.3, -0.25) is 4.99 Å². The van der Waals surface area contributed by atoms with Crippen LogP contribution in [0.3, 0.4) is 0 Å². The van der Waals surface area contributed by atoms with Gasteiger partial charge in [0.05, 0.1) is 5.75 Å². The molecule has 154 valence electrons. The van der Waals surface area contributed by atoms with Crippen LogP contribution in [0.5, 0.6) is 0 Å². The normalized spacial score (nSPS) is 11.7. The highest BCUT2D eigenvalue weighted by atomic mass is 127. The molecule has 0 saturated carbocycles. The van der Waals surface area contributed by atoms with Crippen LogP contribution in [0.2, 0.25) is 0 Å². The molecule has 0 bridgehead atoms. The zero-order valence-electron chi connectivity index (χ0n) is 15.9. The van der Waals surface area contributed by atoms with Crippen molar-refractivity contribution in [2.24, 2.45) is 4.99 Å². The van der Waals surface area contributed by atoms with Crippen LogP contribution in [0.1, 0.15) is 22.3 Å². The van der Waals surface area contributed by atoms with Crippen LogP contribution >= 0.6 is 24.0 Å². The van der Waals surface area contributed by atoms with Gasteiger partial charge in [0, 0.05) is 26.4 Å². The molecule has 0 saturated heterocycles. The number of nitrogens with one attached hydrogen (secondary N) is 2. The summed E-state index contributed by atoms with van der Waals surface area (Å²) in [6, 6.07) is 8.98. The monoisotopic (exact) mass is 523 g/mol. The van der Waals surface area contributed by atoms with Gasteiger partial charge in [-0.25, -0.2) is 17.2 Å². The SMILES string of the molecule is CN=C(NCc1ccc(C)c(F)c1)NCc1cc(F)ccc1CS(C)(=O)=O.I. The fourth-order valence-corrected chi connectivity index (χ4v) is 3.36. The van der Waals surface area contributed by atoms with E-state index in [4.69, 9.17) is 0 Å². The van der Waals surface area contributed by atoms with Crippen LogP contribution in [0.25, 0.3) is 0 Å². The number of aryl methyl sites for hydroxylation is 1. The molecule has 0 aliphatic heterocycles. The van der Waals surface area contributed by atoms with Gasteiger partial charge in [0.25, 0.3) is 0 Å². The van der Waals surface area contributed by atoms with Crippen molar-refractivity contribution in [3.63, 3.8) is 0 Å². The summed E-state index contributed by atoms with van der Waals surface area (Å²) in [5.74, 6) is -0.450. The van der Waals surface area contributed by atoms with Gasteiger partial charge in [-0.05, 0) is 47.4 Å². The van der Waals surface area contributed by atoms with Crippen molar-refractivity contribution >= 4 is 39.8 Å². The fourth-order valence-electron chi connectivity index (χ4n) is 2.51. The molecule has 0 aromatic heterocycles. The third-order valence-corrected chi connectivity index (χ3v) is 4.79. The number of hydrogen-bond acceptors (Lipinski definition) is 3. The van der Waals surface area contributed by atoms with E-state index < -0.39 is 15.7 Å². The molecule has 2 rings (SSSR count). The molecule has 0 amide bonds. The summed E-state index contributed by atoms with van der Waals surface area (Å²) in [5.41, 5.74) is 2.39. The summed E-state index contributed by atoms with van der Waals surface area (Å²) in [4.78, 5) is 4.07. The van der Waals surface area contributed by atoms with Crippen molar-refractivity contribution in [3.05, 3.63) is 70.3 Å². The number of rotatable bonds is 6. The molecule has 0 aliphatic carbocycles. The Labute approximate surface area is 181 Å². The van der Waals surface area contributed by atoms with Gasteiger partial charge in [-0.15, -0.1) is 24.0 Å². The first kappa shape index (κ1) is 24.3. The molecule has 0 atom stereocenters. The first-order valence-electron chi connectivity index (χ1n) is 8.32. The Morgan fingerprint density at radius 2 is 1.71 bits per heavy atom. The van der Waals surface area contributed by atoms with E-state index in [1.54, 1.807) is 20.0 Å². The molecule has 0 unspecified atom stereocenters. The second-order valence-corrected chi connectivity index (χ2v) is 8.49. The van der Waals surface area contributed by atoms with E-state index in [0.717, 1.165) is 11.8 Å². The summed E-state index contributed by atoms with van der Waals surface area (Å²) < 4.78 is 50.3. The zero-order chi connectivity index (χ0) is 20.0. The van der Waals surface area contributed by atoms with Crippen LogP contribution < -0.4 is 10.6 Å². The van der Waals surface area contributed by atoms with E-state index in [9.17, 15) is 17.2 Å². The lowest BCUT2D eigenvalue weighted by molar-refractivity contribution is 0.599. The number of hydrogen-bond donors (Lipinski definition) is 2. The molecule has 5 nitrogen and oxygen atoms in total. The number of benzene rings is 2. The minimum Gasteiger partial charge on any atom is -0.352 e. The zero-order valence-corrected chi connectivity index (χ0v) is 19.1. The van der Waals surface area contributed by atoms with Gasteiger partial charge in [0.1, 0.15) is 11.6 Å². The predicted octanol–water partition coefficient (Wildman–Crippen LogP) is 3.30. The number of aliphatic imine (C=N–C) groups is 1. The maximum atomic E-state index is 13.6. The average molecular weight is 523 g/mol. The largest absolute Gasteiger partial charge is 0.352 e. The number of halogens is 3. The predicted molar refractivity (Wildman–Crippen MR) is 119 cm³/mol. The molecule has 0 radical (unpaired) electrons. The third kappa shape index (κ3) is 7.70. The Bertz CT molecular complexity index is 950. The molecular weight excluding hydrogens is 499 g/mol. The van der Waals surface area contributed by atoms with Crippen LogP contribution in [0.15, 0.2) is 41.4 Å². The van der Waals surface area contributed by atoms with Crippen molar-refractivity contribution in [2.75, 3.05) is 13.3 Å². The summed E-state index contributed by atoms with van der Waals surface area (Å²) in [7, 11) is -1.66. The topological polar surface area (TPSA) is 70.6 Å². The molecule has 9 heteroatoms. The first-order chi connectivity index (χ1) is 12.7. The smallest absolute Gasteiger partial charge is 0.191 e. The molecule has 2 aromatic carbocycles. The highest BCUT2D eigenvalue weighted by molar-refractivity contribution is 14.0. The summed E-state index contributed by atoms with van der Waals surface area (Å²) in [5, 5.41) is 6.06. The Morgan fingerprint density at radius 1 is 1.04 bits per heavy atom. The highest BCUT2D eigenvalue weighted by Gasteiger charge is 2.11. The molecular formula is C19H24F2IN3O2S. The van der Waals surface area contributed by atoms with Gasteiger partial charge >= 0.3 is 0 Å². The van der Waals surface area contributed by atoms with Gasteiger partial charge in [-0.1, -0.05) is 18.2 Å². The Morgan fingerprint density at radius 3 is 2.32 bits per heavy atom. The molecule has 0 spiro atoms. The van der Waals surface area contributed by atoms with E-state index in [0.29, 0.717) is 29.2 Å². The molecule has 0 fully saturated rings. The average Bonchev–Trinajstić information content (AvgIpc) is 2.59. The summed E-state index contributed by atoms with van der Waals surface area (Å²) in [6.45, 7) is 2.25. The van der Waals surface area contributed by atoms with Crippen LogP contribution in [0, 0.1) is 18.6 Å². The number of sulfone groups is 1. The maximum absolute atomic E-state index is 13.6. The van der Waals surface area contributed by atoms with Crippen molar-refractivity contribution in [1.29, 1.82) is 0 Å². The Balaban J connectivity index is 0.00000392. The lowest BCUT2D eigenvalue weighted by atomic mass is 10.1. The van der Waals surface area contributed by atoms with Crippen molar-refractivity contribution in [2.45, 2.75) is 25.8 Å². The highest BCUT2D eigenvalue weighted by Crippen LogP contribution is 2.14. The van der Waals surface area contributed by atoms with Gasteiger partial charge < -0.3 is 10.6 Å². The van der Waals surface area contributed by atoms with E-state index in [1.807, 2.05) is 6.07 Å². The van der Waals surface area contributed by atoms with Crippen molar-refractivity contribution in [1.82, 2.24) is 10.6 Å². The molecule has 0 heterocycles. The van der Waals surface area contributed by atoms with Crippen molar-refractivity contribution in [3.8, 4) is 0 Å². The van der Waals surface area contributed by atoms with Crippen LogP contribution in [0.4, 0.5) is 8.78 Å². The van der Waals surface area contributed by atoms with Gasteiger partial charge in [0.15, 0.2) is 15.8 Å². The second kappa shape index (κ2) is 10.7. The minimum atomic E-state index is -3.24. The standard InChI is InChI=1S/C19H23F2N3O2S.HI/c1-13-4-5-14(8-18(13)21)10-23-19(22-2)24-11-16-9-17(20)7-6-15(16)12-27(3,25)26;/h4-9H,10-12H2,1-3H3,(H2,22,23,24);1H. The lowest BCUT2D eigenvalue weighted by Crippen LogP contribution is -2.36. The van der Waals surface area contributed by atoms with E-state index in [2.05, 4.69) is 15.6 Å². The third-order valence-electron chi connectivity index (χ3n) is 3.95. The van der Waals surface area contributed by atoms with Crippen LogP contribution in [-0.4, -0.2) is 27.7 Å². The minimum absolute atomic E-state index is 0. The molecule has 28 heavy (non-hydrogen) atoms. The van der Waals surface area contributed by atoms with E-state index in [-0.39, 0.29) is 42.1 Å². The Kier molecular flexibility index (Phi) is 9.28.